The van der Waals surface area contributed by atoms with E-state index in [0.29, 0.717) is 12.0 Å². The molecule has 0 heterocycles. The van der Waals surface area contributed by atoms with Crippen LogP contribution in [0.3, 0.4) is 0 Å². The van der Waals surface area contributed by atoms with Crippen LogP contribution in [0.4, 0.5) is 0 Å². The van der Waals surface area contributed by atoms with E-state index < -0.39 is 0 Å². The topological polar surface area (TPSA) is 26.0 Å². The van der Waals surface area contributed by atoms with Crippen LogP contribution in [-0.4, -0.2) is 6.04 Å². The molecule has 1 aromatic rings. The van der Waals surface area contributed by atoms with Crippen LogP contribution in [0.5, 0.6) is 0 Å². The Hall–Kier alpha value is -0.820. The van der Waals surface area contributed by atoms with Crippen molar-refractivity contribution in [2.45, 2.75) is 38.6 Å². The first-order valence-electron chi connectivity index (χ1n) is 5.63. The van der Waals surface area contributed by atoms with E-state index in [4.69, 9.17) is 5.73 Å². The van der Waals surface area contributed by atoms with Gasteiger partial charge in [0.25, 0.3) is 0 Å². The fourth-order valence-corrected chi connectivity index (χ4v) is 2.46. The predicted molar refractivity (Wildman–Crippen MR) is 60.2 cm³/mol. The first-order valence-corrected chi connectivity index (χ1v) is 5.63. The highest BCUT2D eigenvalue weighted by Gasteiger charge is 2.25. The summed E-state index contributed by atoms with van der Waals surface area (Å²) < 4.78 is 0. The van der Waals surface area contributed by atoms with Crippen LogP contribution in [0, 0.1) is 5.92 Å². The van der Waals surface area contributed by atoms with Crippen molar-refractivity contribution < 1.29 is 0 Å². The summed E-state index contributed by atoms with van der Waals surface area (Å²) in [5.74, 6) is 0.687. The summed E-state index contributed by atoms with van der Waals surface area (Å²) >= 11 is 0. The van der Waals surface area contributed by atoms with Gasteiger partial charge in [-0.15, -0.1) is 0 Å². The Labute approximate surface area is 86.3 Å². The Morgan fingerprint density at radius 3 is 2.36 bits per heavy atom. The molecular weight excluding hydrogens is 170 g/mol. The number of nitrogens with two attached hydrogens (primary N) is 1. The summed E-state index contributed by atoms with van der Waals surface area (Å²) in [7, 11) is 0. The molecule has 1 aliphatic rings. The van der Waals surface area contributed by atoms with Crippen LogP contribution in [-0.2, 0) is 12.8 Å². The molecule has 0 unspecified atom stereocenters. The molecule has 2 rings (SSSR count). The Kier molecular flexibility index (Phi) is 2.87. The van der Waals surface area contributed by atoms with E-state index >= 15 is 0 Å². The summed E-state index contributed by atoms with van der Waals surface area (Å²) in [5, 5.41) is 0. The predicted octanol–water partition coefficient (Wildman–Crippen LogP) is 2.53. The van der Waals surface area contributed by atoms with Crippen molar-refractivity contribution in [3.63, 3.8) is 0 Å². The molecule has 76 valence electrons. The molecule has 2 N–H and O–H groups in total. The Morgan fingerprint density at radius 1 is 1.29 bits per heavy atom. The molecule has 0 bridgehead atoms. The molecule has 14 heavy (non-hydrogen) atoms. The first-order chi connectivity index (χ1) is 6.81. The molecule has 1 aromatic carbocycles. The molecule has 0 aliphatic heterocycles. The summed E-state index contributed by atoms with van der Waals surface area (Å²) in [6, 6.07) is 9.15. The zero-order valence-electron chi connectivity index (χ0n) is 8.87. The van der Waals surface area contributed by atoms with Gasteiger partial charge >= 0.3 is 0 Å². The summed E-state index contributed by atoms with van der Waals surface area (Å²) in [5.41, 5.74) is 9.20. The van der Waals surface area contributed by atoms with Crippen LogP contribution in [0.15, 0.2) is 24.3 Å². The maximum atomic E-state index is 6.17. The lowest BCUT2D eigenvalue weighted by molar-refractivity contribution is 0.414. The second-order valence-corrected chi connectivity index (χ2v) is 4.39. The minimum atomic E-state index is 0.396. The quantitative estimate of drug-likeness (QED) is 0.777. The average molecular weight is 189 g/mol. The summed E-state index contributed by atoms with van der Waals surface area (Å²) in [6.45, 7) is 2.21. The van der Waals surface area contributed by atoms with Gasteiger partial charge in [0.2, 0.25) is 0 Å². The summed E-state index contributed by atoms with van der Waals surface area (Å²) in [6.07, 6.45) is 4.75. The lowest BCUT2D eigenvalue weighted by Gasteiger charge is -2.17. The van der Waals surface area contributed by atoms with Gasteiger partial charge < -0.3 is 5.73 Å². The largest absolute Gasteiger partial charge is 0.327 e. The van der Waals surface area contributed by atoms with Gasteiger partial charge in [0.1, 0.15) is 0 Å². The van der Waals surface area contributed by atoms with Crippen molar-refractivity contribution in [1.29, 1.82) is 0 Å². The monoisotopic (exact) mass is 189 g/mol. The molecule has 0 amide bonds. The average Bonchev–Trinajstić information content (AvgIpc) is 2.61. The molecule has 1 nitrogen and oxygen atoms in total. The van der Waals surface area contributed by atoms with E-state index in [1.54, 1.807) is 0 Å². The lowest BCUT2D eigenvalue weighted by Crippen LogP contribution is -2.30. The third-order valence-corrected chi connectivity index (χ3v) is 3.31. The zero-order chi connectivity index (χ0) is 9.97. The van der Waals surface area contributed by atoms with Crippen molar-refractivity contribution in [3.8, 4) is 0 Å². The lowest BCUT2D eigenvalue weighted by atomic mass is 9.94. The van der Waals surface area contributed by atoms with Crippen molar-refractivity contribution in [3.05, 3.63) is 35.4 Å². The number of hydrogen-bond donors (Lipinski definition) is 1. The second-order valence-electron chi connectivity index (χ2n) is 4.39. The maximum absolute atomic E-state index is 6.17. The molecular formula is C13H19N. The Balaban J connectivity index is 2.04. The van der Waals surface area contributed by atoms with Gasteiger partial charge in [-0.25, -0.2) is 0 Å². The normalized spacial score (nSPS) is 18.1. The highest BCUT2D eigenvalue weighted by atomic mass is 14.7. The standard InChI is InChI=1S/C13H19N/c1-2-5-13(14)12-8-10-6-3-4-7-11(10)9-12/h3-4,6-7,12-13H,2,5,8-9,14H2,1H3/t13-/m1/s1. The van der Waals surface area contributed by atoms with Crippen LogP contribution in [0.1, 0.15) is 30.9 Å². The zero-order valence-corrected chi connectivity index (χ0v) is 8.87. The van der Waals surface area contributed by atoms with E-state index in [2.05, 4.69) is 31.2 Å². The van der Waals surface area contributed by atoms with E-state index in [0.717, 1.165) is 0 Å². The molecule has 1 heteroatoms. The van der Waals surface area contributed by atoms with Crippen molar-refractivity contribution in [2.24, 2.45) is 11.7 Å². The van der Waals surface area contributed by atoms with Gasteiger partial charge in [-0.2, -0.15) is 0 Å². The highest BCUT2D eigenvalue weighted by molar-refractivity contribution is 5.32. The molecule has 1 atom stereocenters. The SMILES string of the molecule is CCC[C@@H](N)C1Cc2ccccc2C1. The third kappa shape index (κ3) is 1.83. The molecule has 0 fully saturated rings. The molecule has 0 saturated heterocycles. The van der Waals surface area contributed by atoms with Crippen LogP contribution in [0.2, 0.25) is 0 Å². The maximum Gasteiger partial charge on any atom is 0.00734 e. The van der Waals surface area contributed by atoms with Crippen LogP contribution in [0.25, 0.3) is 0 Å². The van der Waals surface area contributed by atoms with Crippen molar-refractivity contribution in [2.75, 3.05) is 0 Å². The number of benzene rings is 1. The first kappa shape index (κ1) is 9.72. The molecule has 0 radical (unpaired) electrons. The second kappa shape index (κ2) is 4.14. The van der Waals surface area contributed by atoms with Gasteiger partial charge in [-0.3, -0.25) is 0 Å². The van der Waals surface area contributed by atoms with E-state index in [9.17, 15) is 0 Å². The van der Waals surface area contributed by atoms with Gasteiger partial charge in [0.05, 0.1) is 0 Å². The minimum absolute atomic E-state index is 0.396. The number of hydrogen-bond acceptors (Lipinski definition) is 1. The molecule has 1 aliphatic carbocycles. The number of fused-ring (bicyclic) bond motifs is 1. The smallest absolute Gasteiger partial charge is 0.00734 e. The highest BCUT2D eigenvalue weighted by Crippen LogP contribution is 2.29. The minimum Gasteiger partial charge on any atom is -0.327 e. The third-order valence-electron chi connectivity index (χ3n) is 3.31. The molecule has 0 saturated carbocycles. The molecule has 0 aromatic heterocycles. The number of rotatable bonds is 3. The fraction of sp³-hybridized carbons (Fsp3) is 0.538. The van der Waals surface area contributed by atoms with Gasteiger partial charge in [0, 0.05) is 6.04 Å². The Morgan fingerprint density at radius 2 is 1.86 bits per heavy atom. The van der Waals surface area contributed by atoms with Gasteiger partial charge in [-0.1, -0.05) is 37.6 Å². The molecule has 0 spiro atoms. The van der Waals surface area contributed by atoms with E-state index in [1.807, 2.05) is 0 Å². The van der Waals surface area contributed by atoms with Crippen LogP contribution >= 0.6 is 0 Å². The summed E-state index contributed by atoms with van der Waals surface area (Å²) in [4.78, 5) is 0. The Bertz CT molecular complexity index is 281. The van der Waals surface area contributed by atoms with Crippen molar-refractivity contribution >= 4 is 0 Å². The van der Waals surface area contributed by atoms with Gasteiger partial charge in [-0.05, 0) is 36.3 Å². The fourth-order valence-electron chi connectivity index (χ4n) is 2.46. The van der Waals surface area contributed by atoms with Crippen molar-refractivity contribution in [1.82, 2.24) is 0 Å². The van der Waals surface area contributed by atoms with E-state index in [-0.39, 0.29) is 0 Å². The van der Waals surface area contributed by atoms with Gasteiger partial charge in [0.15, 0.2) is 0 Å². The van der Waals surface area contributed by atoms with Crippen LogP contribution < -0.4 is 5.73 Å². The van der Waals surface area contributed by atoms with E-state index in [1.165, 1.54) is 36.8 Å².